The minimum atomic E-state index is -0.594. The predicted molar refractivity (Wildman–Crippen MR) is 82.7 cm³/mol. The normalized spacial score (nSPS) is 14.6. The lowest BCUT2D eigenvalue weighted by Crippen LogP contribution is -2.38. The van der Waals surface area contributed by atoms with Gasteiger partial charge >= 0.3 is 0 Å². The molecule has 0 saturated carbocycles. The molecule has 1 aliphatic carbocycles. The van der Waals surface area contributed by atoms with Gasteiger partial charge in [-0.25, -0.2) is 4.68 Å². The van der Waals surface area contributed by atoms with Crippen molar-refractivity contribution >= 4 is 5.91 Å². The summed E-state index contributed by atoms with van der Waals surface area (Å²) in [5.41, 5.74) is 1.78. The Labute approximate surface area is 128 Å². The molecule has 6 heteroatoms. The molecule has 0 unspecified atom stereocenters. The predicted octanol–water partition coefficient (Wildman–Crippen LogP) is 0.911. The van der Waals surface area contributed by atoms with Gasteiger partial charge in [-0.05, 0) is 43.9 Å². The highest BCUT2D eigenvalue weighted by atomic mass is 16.2. The molecule has 0 fully saturated rings. The van der Waals surface area contributed by atoms with E-state index in [2.05, 4.69) is 10.4 Å². The molecule has 1 amide bonds. The quantitative estimate of drug-likeness (QED) is 0.892. The van der Waals surface area contributed by atoms with E-state index >= 15 is 0 Å². The lowest BCUT2D eigenvalue weighted by atomic mass is 10.2. The molecule has 1 aliphatic rings. The summed E-state index contributed by atoms with van der Waals surface area (Å²) < 4.78 is 3.29. The fourth-order valence-corrected chi connectivity index (χ4v) is 2.78. The Hall–Kier alpha value is -2.37. The molecule has 3 rings (SSSR count). The molecular weight excluding hydrogens is 280 g/mol. The lowest BCUT2D eigenvalue weighted by molar-refractivity contribution is -0.124. The van der Waals surface area contributed by atoms with Crippen molar-refractivity contribution in [3.63, 3.8) is 0 Å². The van der Waals surface area contributed by atoms with Crippen molar-refractivity contribution in [2.24, 2.45) is 0 Å². The van der Waals surface area contributed by atoms with Gasteiger partial charge in [-0.3, -0.25) is 9.59 Å². The smallest absolute Gasteiger partial charge is 0.267 e. The number of rotatable bonds is 5. The van der Waals surface area contributed by atoms with Crippen LogP contribution in [0.1, 0.15) is 30.6 Å². The van der Waals surface area contributed by atoms with Crippen molar-refractivity contribution in [1.82, 2.24) is 19.7 Å². The molecule has 2 aromatic heterocycles. The zero-order valence-electron chi connectivity index (χ0n) is 12.7. The molecule has 116 valence electrons. The highest BCUT2D eigenvalue weighted by Crippen LogP contribution is 2.17. The van der Waals surface area contributed by atoms with Crippen LogP contribution in [0.25, 0.3) is 0 Å². The molecule has 6 nitrogen and oxygen atoms in total. The van der Waals surface area contributed by atoms with Gasteiger partial charge < -0.3 is 9.88 Å². The van der Waals surface area contributed by atoms with E-state index in [1.807, 2.05) is 29.1 Å². The Morgan fingerprint density at radius 3 is 2.91 bits per heavy atom. The zero-order chi connectivity index (χ0) is 15.5. The monoisotopic (exact) mass is 300 g/mol. The molecule has 2 heterocycles. The molecular formula is C16H20N4O2. The molecule has 0 spiro atoms. The van der Waals surface area contributed by atoms with Gasteiger partial charge in [0, 0.05) is 31.5 Å². The van der Waals surface area contributed by atoms with Gasteiger partial charge in [0.25, 0.3) is 5.56 Å². The summed E-state index contributed by atoms with van der Waals surface area (Å²) in [5, 5.41) is 7.22. The average molecular weight is 300 g/mol. The number of hydrogen-bond acceptors (Lipinski definition) is 3. The first kappa shape index (κ1) is 14.6. The van der Waals surface area contributed by atoms with Gasteiger partial charge in [-0.1, -0.05) is 0 Å². The maximum Gasteiger partial charge on any atom is 0.267 e. The molecule has 0 aliphatic heterocycles. The van der Waals surface area contributed by atoms with Crippen molar-refractivity contribution < 1.29 is 4.79 Å². The third-order valence-corrected chi connectivity index (χ3v) is 4.06. The Balaban J connectivity index is 1.64. The highest BCUT2D eigenvalue weighted by molar-refractivity contribution is 5.79. The number of carbonyl (C=O) groups is 1. The van der Waals surface area contributed by atoms with E-state index in [9.17, 15) is 9.59 Å². The fourth-order valence-electron chi connectivity index (χ4n) is 2.78. The van der Waals surface area contributed by atoms with Gasteiger partial charge in [0.15, 0.2) is 0 Å². The molecule has 0 bridgehead atoms. The van der Waals surface area contributed by atoms with E-state index in [-0.39, 0.29) is 11.5 Å². The summed E-state index contributed by atoms with van der Waals surface area (Å²) in [4.78, 5) is 24.3. The van der Waals surface area contributed by atoms with Crippen molar-refractivity contribution in [3.8, 4) is 0 Å². The number of nitrogens with one attached hydrogen (secondary N) is 1. The van der Waals surface area contributed by atoms with E-state index in [0.717, 1.165) is 30.5 Å². The second-order valence-corrected chi connectivity index (χ2v) is 5.64. The summed E-state index contributed by atoms with van der Waals surface area (Å²) in [6, 6.07) is 4.92. The maximum atomic E-state index is 12.2. The molecule has 22 heavy (non-hydrogen) atoms. The summed E-state index contributed by atoms with van der Waals surface area (Å²) in [6.45, 7) is 2.94. The Morgan fingerprint density at radius 2 is 2.14 bits per heavy atom. The minimum Gasteiger partial charge on any atom is -0.353 e. The summed E-state index contributed by atoms with van der Waals surface area (Å²) in [7, 11) is 0. The van der Waals surface area contributed by atoms with Crippen molar-refractivity contribution in [3.05, 3.63) is 52.2 Å². The van der Waals surface area contributed by atoms with E-state index in [1.54, 1.807) is 13.0 Å². The largest absolute Gasteiger partial charge is 0.353 e. The topological polar surface area (TPSA) is 68.9 Å². The van der Waals surface area contributed by atoms with Crippen LogP contribution in [0.2, 0.25) is 0 Å². The van der Waals surface area contributed by atoms with Gasteiger partial charge in [0.05, 0.1) is 5.69 Å². The van der Waals surface area contributed by atoms with E-state index in [1.165, 1.54) is 4.68 Å². The first-order chi connectivity index (χ1) is 10.6. The first-order valence-electron chi connectivity index (χ1n) is 7.65. The molecule has 0 aromatic carbocycles. The molecule has 1 N–H and O–H groups in total. The minimum absolute atomic E-state index is 0.181. The fraction of sp³-hybridized carbons (Fsp3) is 0.438. The van der Waals surface area contributed by atoms with Crippen LogP contribution in [0.5, 0.6) is 0 Å². The van der Waals surface area contributed by atoms with E-state index in [0.29, 0.717) is 13.1 Å². The summed E-state index contributed by atoms with van der Waals surface area (Å²) >= 11 is 0. The molecule has 2 aromatic rings. The van der Waals surface area contributed by atoms with Crippen LogP contribution < -0.4 is 10.9 Å². The van der Waals surface area contributed by atoms with Crippen LogP contribution in [0.15, 0.2) is 35.4 Å². The number of carbonyl (C=O) groups excluding carboxylic acids is 1. The van der Waals surface area contributed by atoms with Crippen LogP contribution in [0, 0.1) is 0 Å². The highest BCUT2D eigenvalue weighted by Gasteiger charge is 2.21. The number of nitrogens with zero attached hydrogens (tertiary/aromatic N) is 3. The second-order valence-electron chi connectivity index (χ2n) is 5.64. The van der Waals surface area contributed by atoms with E-state index < -0.39 is 6.04 Å². The third kappa shape index (κ3) is 2.95. The number of aryl methyl sites for hydroxylation is 2. The van der Waals surface area contributed by atoms with Crippen LogP contribution in [-0.2, 0) is 24.2 Å². The van der Waals surface area contributed by atoms with E-state index in [4.69, 9.17) is 0 Å². The van der Waals surface area contributed by atoms with Gasteiger partial charge in [-0.15, -0.1) is 0 Å². The van der Waals surface area contributed by atoms with Gasteiger partial charge in [0.1, 0.15) is 6.04 Å². The van der Waals surface area contributed by atoms with Crippen LogP contribution in [0.4, 0.5) is 0 Å². The van der Waals surface area contributed by atoms with Gasteiger partial charge in [-0.2, -0.15) is 5.10 Å². The number of aromatic nitrogens is 3. The number of amides is 1. The van der Waals surface area contributed by atoms with Crippen LogP contribution in [-0.4, -0.2) is 26.8 Å². The van der Waals surface area contributed by atoms with Gasteiger partial charge in [0.2, 0.25) is 5.91 Å². The van der Waals surface area contributed by atoms with Crippen molar-refractivity contribution in [1.29, 1.82) is 0 Å². The molecule has 1 atom stereocenters. The van der Waals surface area contributed by atoms with Crippen molar-refractivity contribution in [2.75, 3.05) is 6.54 Å². The van der Waals surface area contributed by atoms with Crippen LogP contribution in [0.3, 0.4) is 0 Å². The average Bonchev–Trinajstić information content (AvgIpc) is 3.16. The maximum absolute atomic E-state index is 12.2. The molecule has 0 radical (unpaired) electrons. The Kier molecular flexibility index (Phi) is 4.09. The SMILES string of the molecule is C[C@H](C(=O)NCCn1cccc1)n1nc2c(cc1=O)CCC2. The third-order valence-electron chi connectivity index (χ3n) is 4.06. The second kappa shape index (κ2) is 6.17. The number of hydrogen-bond donors (Lipinski definition) is 1. The Bertz CT molecular complexity index is 718. The Morgan fingerprint density at radius 1 is 1.36 bits per heavy atom. The summed E-state index contributed by atoms with van der Waals surface area (Å²) in [6.07, 6.45) is 6.72. The first-order valence-corrected chi connectivity index (χ1v) is 7.65. The van der Waals surface area contributed by atoms with Crippen LogP contribution >= 0.6 is 0 Å². The standard InChI is InChI=1S/C16H20N4O2/c1-12(16(22)17-7-10-19-8-2-3-9-19)20-15(21)11-13-5-4-6-14(13)18-20/h2-3,8-9,11-12H,4-7,10H2,1H3,(H,17,22)/t12-/m1/s1. The molecule has 0 saturated heterocycles. The summed E-state index contributed by atoms with van der Waals surface area (Å²) in [5.74, 6) is -0.181. The number of fused-ring (bicyclic) bond motifs is 1. The lowest BCUT2D eigenvalue weighted by Gasteiger charge is -2.15. The zero-order valence-corrected chi connectivity index (χ0v) is 12.7. The van der Waals surface area contributed by atoms with Crippen molar-refractivity contribution in [2.45, 2.75) is 38.8 Å².